The van der Waals surface area contributed by atoms with E-state index in [1.165, 1.54) is 48.0 Å². The van der Waals surface area contributed by atoms with Crippen LogP contribution in [0.1, 0.15) is 25.0 Å². The fraction of sp³-hybridized carbons (Fsp3) is 0.0588. The third-order valence-corrected chi connectivity index (χ3v) is 13.0. The van der Waals surface area contributed by atoms with Gasteiger partial charge in [-0.1, -0.05) is 117 Å². The molecule has 12 rings (SSSR count). The van der Waals surface area contributed by atoms with Crippen LogP contribution in [0.2, 0.25) is 0 Å². The molecule has 0 radical (unpaired) electrons. The number of benzene rings is 8. The van der Waals surface area contributed by atoms with Crippen LogP contribution in [0.15, 0.2) is 173 Å². The Hall–Kier alpha value is -6.62. The highest BCUT2D eigenvalue weighted by Gasteiger charge is 2.36. The number of nitrogens with zero attached hydrogens (tertiary/aromatic N) is 1. The van der Waals surface area contributed by atoms with Gasteiger partial charge in [0.15, 0.2) is 5.58 Å². The van der Waals surface area contributed by atoms with Crippen molar-refractivity contribution >= 4 is 92.4 Å². The summed E-state index contributed by atoms with van der Waals surface area (Å²) in [6.07, 6.45) is 0. The first kappa shape index (κ1) is 30.8. The molecule has 1 aliphatic rings. The highest BCUT2D eigenvalue weighted by atomic mass is 32.1. The minimum atomic E-state index is -0.132. The monoisotopic (exact) mass is 723 g/mol. The summed E-state index contributed by atoms with van der Waals surface area (Å²) < 4.78 is 16.1. The molecule has 0 amide bonds. The number of para-hydroxylation sites is 1. The number of rotatable bonds is 4. The molecule has 0 saturated heterocycles. The maximum Gasteiger partial charge on any atom is 0.159 e. The van der Waals surface area contributed by atoms with Crippen LogP contribution in [-0.2, 0) is 5.41 Å². The summed E-state index contributed by atoms with van der Waals surface area (Å²) in [7, 11) is 0. The Morgan fingerprint density at radius 1 is 0.436 bits per heavy atom. The van der Waals surface area contributed by atoms with E-state index in [0.29, 0.717) is 0 Å². The Morgan fingerprint density at radius 2 is 1.11 bits per heavy atom. The van der Waals surface area contributed by atoms with Crippen molar-refractivity contribution in [1.29, 1.82) is 0 Å². The van der Waals surface area contributed by atoms with Crippen molar-refractivity contribution in [2.45, 2.75) is 19.3 Å². The predicted molar refractivity (Wildman–Crippen MR) is 232 cm³/mol. The minimum Gasteiger partial charge on any atom is -0.456 e. The quantitative estimate of drug-likeness (QED) is 0.181. The largest absolute Gasteiger partial charge is 0.456 e. The van der Waals surface area contributed by atoms with Gasteiger partial charge in [0.1, 0.15) is 16.7 Å². The van der Waals surface area contributed by atoms with E-state index in [0.717, 1.165) is 66.5 Å². The summed E-state index contributed by atoms with van der Waals surface area (Å²) in [6.45, 7) is 4.69. The third kappa shape index (κ3) is 4.43. The van der Waals surface area contributed by atoms with E-state index in [4.69, 9.17) is 8.83 Å². The maximum absolute atomic E-state index is 6.97. The number of hydrogen-bond acceptors (Lipinski definition) is 4. The number of anilines is 3. The zero-order valence-corrected chi connectivity index (χ0v) is 31.1. The molecule has 3 heterocycles. The third-order valence-electron chi connectivity index (χ3n) is 11.9. The smallest absolute Gasteiger partial charge is 0.159 e. The molecule has 260 valence electrons. The van der Waals surface area contributed by atoms with Gasteiger partial charge in [0, 0.05) is 58.5 Å². The minimum absolute atomic E-state index is 0.132. The molecular formula is C51H33NO2S. The Kier molecular flexibility index (Phi) is 6.27. The molecule has 11 aromatic rings. The summed E-state index contributed by atoms with van der Waals surface area (Å²) in [5.41, 5.74) is 14.1. The summed E-state index contributed by atoms with van der Waals surface area (Å²) in [5, 5.41) is 6.80. The van der Waals surface area contributed by atoms with Gasteiger partial charge in [-0.25, -0.2) is 0 Å². The van der Waals surface area contributed by atoms with Crippen LogP contribution in [-0.4, -0.2) is 0 Å². The Bertz CT molecular complexity index is 3360. The van der Waals surface area contributed by atoms with Crippen molar-refractivity contribution in [3.05, 3.63) is 175 Å². The van der Waals surface area contributed by atoms with Crippen molar-refractivity contribution in [1.82, 2.24) is 0 Å². The Morgan fingerprint density at radius 3 is 2.02 bits per heavy atom. The Balaban J connectivity index is 1.07. The lowest BCUT2D eigenvalue weighted by atomic mass is 9.82. The van der Waals surface area contributed by atoms with E-state index >= 15 is 0 Å². The first-order valence-electron chi connectivity index (χ1n) is 18.8. The second-order valence-corrected chi connectivity index (χ2v) is 16.4. The SMILES string of the molecule is CC1(C)c2ccccc2-c2ccc(N(c3ccc4c(c3)sc3ccccc34)c3cccc4c3oc3cc5c(cc34)oc3cc(-c4ccccc4)ccc35)cc21. The molecule has 8 aromatic carbocycles. The molecule has 3 nitrogen and oxygen atoms in total. The fourth-order valence-corrected chi connectivity index (χ4v) is 10.3. The van der Waals surface area contributed by atoms with Crippen LogP contribution < -0.4 is 4.90 Å². The van der Waals surface area contributed by atoms with Gasteiger partial charge in [-0.3, -0.25) is 0 Å². The van der Waals surface area contributed by atoms with Crippen molar-refractivity contribution in [2.24, 2.45) is 0 Å². The van der Waals surface area contributed by atoms with Crippen LogP contribution in [0.4, 0.5) is 17.1 Å². The lowest BCUT2D eigenvalue weighted by molar-refractivity contribution is 0.660. The van der Waals surface area contributed by atoms with E-state index in [9.17, 15) is 0 Å². The number of fused-ring (bicyclic) bond motifs is 12. The number of hydrogen-bond donors (Lipinski definition) is 0. The molecular weight excluding hydrogens is 691 g/mol. The van der Waals surface area contributed by atoms with E-state index in [-0.39, 0.29) is 5.41 Å². The van der Waals surface area contributed by atoms with Crippen molar-refractivity contribution in [3.63, 3.8) is 0 Å². The van der Waals surface area contributed by atoms with Crippen molar-refractivity contribution in [3.8, 4) is 22.3 Å². The molecule has 0 N–H and O–H groups in total. The molecule has 0 saturated carbocycles. The van der Waals surface area contributed by atoms with Gasteiger partial charge in [-0.2, -0.15) is 0 Å². The second kappa shape index (κ2) is 11.2. The van der Waals surface area contributed by atoms with Crippen LogP contribution in [0.5, 0.6) is 0 Å². The van der Waals surface area contributed by atoms with Crippen molar-refractivity contribution < 1.29 is 8.83 Å². The van der Waals surface area contributed by atoms with Crippen molar-refractivity contribution in [2.75, 3.05) is 4.90 Å². The summed E-state index contributed by atoms with van der Waals surface area (Å²) >= 11 is 1.84. The van der Waals surface area contributed by atoms with E-state index < -0.39 is 0 Å². The zero-order valence-electron chi connectivity index (χ0n) is 30.3. The highest BCUT2D eigenvalue weighted by Crippen LogP contribution is 2.52. The molecule has 0 aliphatic heterocycles. The van der Waals surface area contributed by atoms with Gasteiger partial charge in [0.25, 0.3) is 0 Å². The molecule has 0 fully saturated rings. The Labute approximate surface area is 321 Å². The van der Waals surface area contributed by atoms with E-state index in [1.807, 2.05) is 17.4 Å². The molecule has 3 aromatic heterocycles. The molecule has 1 aliphatic carbocycles. The molecule has 0 spiro atoms. The fourth-order valence-electron chi connectivity index (χ4n) is 9.15. The zero-order chi connectivity index (χ0) is 36.4. The average Bonchev–Trinajstić information content (AvgIpc) is 3.95. The molecule has 55 heavy (non-hydrogen) atoms. The van der Waals surface area contributed by atoms with Gasteiger partial charge in [0.2, 0.25) is 0 Å². The highest BCUT2D eigenvalue weighted by molar-refractivity contribution is 7.25. The first-order valence-corrected chi connectivity index (χ1v) is 19.6. The lowest BCUT2D eigenvalue weighted by Crippen LogP contribution is -2.16. The van der Waals surface area contributed by atoms with Gasteiger partial charge in [-0.05, 0) is 94.0 Å². The van der Waals surface area contributed by atoms with Gasteiger partial charge in [-0.15, -0.1) is 11.3 Å². The summed E-state index contributed by atoms with van der Waals surface area (Å²) in [6, 6.07) is 59.2. The standard InChI is InChI=1S/C51H33NO2S/c1-51(2)42-16-8-6-13-34(42)35-23-20-32(26-43(35)51)52(33-21-24-38-37-14-7-9-18-48(37)55-49(38)27-33)44-17-10-15-39-41-29-46-40(28-47(41)54-50(39)44)36-22-19-31(25-45(36)53-46)30-11-4-3-5-12-30/h3-29H,1-2H3. The number of thiophene rings is 1. The number of furan rings is 2. The van der Waals surface area contributed by atoms with Crippen LogP contribution >= 0.6 is 11.3 Å². The van der Waals surface area contributed by atoms with Crippen LogP contribution in [0, 0.1) is 0 Å². The summed E-state index contributed by atoms with van der Waals surface area (Å²) in [5.74, 6) is 0. The van der Waals surface area contributed by atoms with E-state index in [1.54, 1.807) is 0 Å². The first-order chi connectivity index (χ1) is 27.0. The van der Waals surface area contributed by atoms with Gasteiger partial charge in [0.05, 0.1) is 5.69 Å². The lowest BCUT2D eigenvalue weighted by Gasteiger charge is -2.28. The average molecular weight is 724 g/mol. The topological polar surface area (TPSA) is 29.5 Å². The molecule has 0 atom stereocenters. The molecule has 0 unspecified atom stereocenters. The predicted octanol–water partition coefficient (Wildman–Crippen LogP) is 15.3. The normalized spacial score (nSPS) is 13.4. The molecule has 4 heteroatoms. The molecule has 0 bridgehead atoms. The maximum atomic E-state index is 6.97. The second-order valence-electron chi connectivity index (χ2n) is 15.3. The van der Waals surface area contributed by atoms with Gasteiger partial charge < -0.3 is 13.7 Å². The van der Waals surface area contributed by atoms with E-state index in [2.05, 4.69) is 176 Å². The van der Waals surface area contributed by atoms with Crippen LogP contribution in [0.3, 0.4) is 0 Å². The van der Waals surface area contributed by atoms with Crippen LogP contribution in [0.25, 0.3) is 86.3 Å². The van der Waals surface area contributed by atoms with Gasteiger partial charge >= 0.3 is 0 Å². The summed E-state index contributed by atoms with van der Waals surface area (Å²) in [4.78, 5) is 2.39.